The van der Waals surface area contributed by atoms with Gasteiger partial charge in [-0.2, -0.15) is 12.4 Å². The topological polar surface area (TPSA) is 163 Å². The highest BCUT2D eigenvalue weighted by atomic mass is 16.5. The van der Waals surface area contributed by atoms with Crippen molar-refractivity contribution in [2.75, 3.05) is 20.4 Å². The summed E-state index contributed by atoms with van der Waals surface area (Å²) in [5.41, 5.74) is 3.08. The molecule has 4 atom stereocenters. The van der Waals surface area contributed by atoms with Gasteiger partial charge in [-0.1, -0.05) is 35.9 Å². The summed E-state index contributed by atoms with van der Waals surface area (Å²) in [6.07, 6.45) is 2.86. The molecule has 0 radical (unpaired) electrons. The monoisotopic (exact) mass is 617 g/mol. The Hall–Kier alpha value is -4.51. The minimum Gasteiger partial charge on any atom is -0.670 e. The van der Waals surface area contributed by atoms with Crippen molar-refractivity contribution in [3.63, 3.8) is 0 Å². The van der Waals surface area contributed by atoms with Crippen LogP contribution in [0.2, 0.25) is 0 Å². The van der Waals surface area contributed by atoms with Gasteiger partial charge in [-0.3, -0.25) is 10.1 Å². The second kappa shape index (κ2) is 16.0. The Bertz CT molecular complexity index is 1520. The third kappa shape index (κ3) is 9.74. The Morgan fingerprint density at radius 2 is 1.56 bits per heavy atom. The average Bonchev–Trinajstić information content (AvgIpc) is 3.53. The summed E-state index contributed by atoms with van der Waals surface area (Å²) in [6, 6.07) is 18.3. The number of aliphatic hydroxyl groups is 2. The van der Waals surface area contributed by atoms with Gasteiger partial charge in [0, 0.05) is 18.9 Å². The molecule has 0 aliphatic carbocycles. The molecule has 10 nitrogen and oxygen atoms in total. The van der Waals surface area contributed by atoms with Crippen LogP contribution in [0.4, 0.5) is 0 Å². The van der Waals surface area contributed by atoms with E-state index in [9.17, 15) is 30.3 Å². The molecule has 0 aliphatic heterocycles. The zero-order valence-electron chi connectivity index (χ0n) is 25.5. The number of rotatable bonds is 17. The van der Waals surface area contributed by atoms with Crippen LogP contribution < -0.4 is 19.8 Å². The second-order valence-corrected chi connectivity index (χ2v) is 11.3. The van der Waals surface area contributed by atoms with E-state index >= 15 is 0 Å². The Labute approximate surface area is 262 Å². The summed E-state index contributed by atoms with van der Waals surface area (Å²) < 4.78 is 10.9. The molecule has 0 bridgehead atoms. The minimum absolute atomic E-state index is 0.0153. The van der Waals surface area contributed by atoms with Crippen LogP contribution in [-0.4, -0.2) is 63.9 Å². The lowest BCUT2D eigenvalue weighted by molar-refractivity contribution is -0.123. The number of carbonyl (C=O) groups excluding carboxylic acids is 1. The summed E-state index contributed by atoms with van der Waals surface area (Å²) in [5.74, 6) is -0.742. The van der Waals surface area contributed by atoms with Gasteiger partial charge in [0.15, 0.2) is 23.0 Å². The first-order chi connectivity index (χ1) is 21.6. The SMILES string of the molecule is COc1cc(C[C@H](Cc2cc[n-]c2)[C@H](O)CC(=O)[C@H](Cc2ccc(O)c(OCNC[C@H](C)O)c2)c2cccc(O)c2)ccc1O. The molecule has 0 amide bonds. The molecule has 45 heavy (non-hydrogen) atoms. The van der Waals surface area contributed by atoms with Gasteiger partial charge in [-0.15, -0.1) is 0 Å². The number of ether oxygens (including phenoxy) is 2. The molecule has 1 heterocycles. The molecule has 10 heteroatoms. The summed E-state index contributed by atoms with van der Waals surface area (Å²) >= 11 is 0. The third-order valence-electron chi connectivity index (χ3n) is 7.70. The fraction of sp³-hybridized carbons (Fsp3) is 0.343. The number of ketones is 1. The number of nitrogens with zero attached hydrogens (tertiary/aromatic N) is 1. The second-order valence-electron chi connectivity index (χ2n) is 11.3. The largest absolute Gasteiger partial charge is 0.670 e. The highest BCUT2D eigenvalue weighted by Gasteiger charge is 2.29. The number of phenolic OH excluding ortho intramolecular Hbond substituents is 3. The number of nitrogens with one attached hydrogen (secondary N) is 1. The van der Waals surface area contributed by atoms with Crippen LogP contribution >= 0.6 is 0 Å². The van der Waals surface area contributed by atoms with Gasteiger partial charge < -0.3 is 40.0 Å². The van der Waals surface area contributed by atoms with Gasteiger partial charge in [0.25, 0.3) is 0 Å². The van der Waals surface area contributed by atoms with Crippen LogP contribution in [0, 0.1) is 5.92 Å². The molecular weight excluding hydrogens is 576 g/mol. The Morgan fingerprint density at radius 3 is 2.22 bits per heavy atom. The maximum Gasteiger partial charge on any atom is 0.163 e. The first-order valence-corrected chi connectivity index (χ1v) is 14.9. The van der Waals surface area contributed by atoms with Crippen molar-refractivity contribution >= 4 is 5.78 Å². The number of aromatic hydroxyl groups is 3. The highest BCUT2D eigenvalue weighted by molar-refractivity contribution is 5.86. The zero-order chi connectivity index (χ0) is 32.3. The molecule has 0 aliphatic rings. The smallest absolute Gasteiger partial charge is 0.163 e. The van der Waals surface area contributed by atoms with Crippen LogP contribution in [0.15, 0.2) is 79.1 Å². The summed E-state index contributed by atoms with van der Waals surface area (Å²) in [4.78, 5) is 18.1. The van der Waals surface area contributed by atoms with Crippen LogP contribution in [-0.2, 0) is 24.1 Å². The number of hydrogen-bond acceptors (Lipinski definition) is 9. The molecule has 0 saturated heterocycles. The van der Waals surface area contributed by atoms with Gasteiger partial charge in [-0.25, -0.2) is 0 Å². The standard InChI is InChI=1S/C35H41N2O8/c1-22(38)19-37-21-45-35-16-24(7-9-31(35)41)14-29(26-4-3-5-28(39)17-26)33(43)18-32(42)27(13-25-10-11-36-20-25)12-23-6-8-30(40)34(15-23)44-2/h3-11,15-17,20,22,27,29,32,37-42H,12-14,18-19,21H2,1-2H3/q-1/t22-,27+,29+,32+/m0/s1. The highest BCUT2D eigenvalue weighted by Crippen LogP contribution is 2.33. The van der Waals surface area contributed by atoms with E-state index in [2.05, 4.69) is 10.3 Å². The first-order valence-electron chi connectivity index (χ1n) is 14.9. The van der Waals surface area contributed by atoms with E-state index in [-0.39, 0.29) is 54.3 Å². The third-order valence-corrected chi connectivity index (χ3v) is 7.70. The van der Waals surface area contributed by atoms with Gasteiger partial charge >= 0.3 is 0 Å². The van der Waals surface area contributed by atoms with E-state index in [1.807, 2.05) is 6.07 Å². The van der Waals surface area contributed by atoms with E-state index < -0.39 is 18.1 Å². The molecule has 0 unspecified atom stereocenters. The van der Waals surface area contributed by atoms with Gasteiger partial charge in [0.1, 0.15) is 18.3 Å². The predicted molar refractivity (Wildman–Crippen MR) is 169 cm³/mol. The Morgan fingerprint density at radius 1 is 0.867 bits per heavy atom. The molecule has 0 fully saturated rings. The summed E-state index contributed by atoms with van der Waals surface area (Å²) in [7, 11) is 1.47. The Kier molecular flexibility index (Phi) is 11.9. The molecule has 240 valence electrons. The van der Waals surface area contributed by atoms with Crippen LogP contribution in [0.1, 0.15) is 41.5 Å². The maximum absolute atomic E-state index is 14.0. The predicted octanol–water partition coefficient (Wildman–Crippen LogP) is 3.82. The maximum atomic E-state index is 14.0. The van der Waals surface area contributed by atoms with Crippen molar-refractivity contribution in [3.8, 4) is 28.7 Å². The number of carbonyl (C=O) groups is 1. The van der Waals surface area contributed by atoms with Crippen molar-refractivity contribution in [3.05, 3.63) is 101 Å². The molecule has 0 spiro atoms. The number of hydrogen-bond donors (Lipinski definition) is 6. The van der Waals surface area contributed by atoms with Crippen molar-refractivity contribution in [2.24, 2.45) is 5.92 Å². The van der Waals surface area contributed by atoms with E-state index in [1.54, 1.807) is 67.8 Å². The molecule has 4 aromatic rings. The van der Waals surface area contributed by atoms with Crippen molar-refractivity contribution in [2.45, 2.75) is 50.7 Å². The van der Waals surface area contributed by atoms with E-state index in [0.717, 1.165) is 11.1 Å². The van der Waals surface area contributed by atoms with Crippen LogP contribution in [0.3, 0.4) is 0 Å². The minimum atomic E-state index is -1.01. The van der Waals surface area contributed by atoms with Gasteiger partial charge in [0.05, 0.1) is 19.3 Å². The molecule has 3 aromatic carbocycles. The molecule has 0 saturated carbocycles. The molecule has 4 rings (SSSR count). The lowest BCUT2D eigenvalue weighted by Crippen LogP contribution is -2.30. The number of phenols is 3. The van der Waals surface area contributed by atoms with Crippen LogP contribution in [0.25, 0.3) is 0 Å². The molecule has 1 aromatic heterocycles. The quantitative estimate of drug-likeness (QED) is 0.0759. The summed E-state index contributed by atoms with van der Waals surface area (Å²) in [5, 5.41) is 54.5. The lowest BCUT2D eigenvalue weighted by atomic mass is 9.81. The van der Waals surface area contributed by atoms with Crippen molar-refractivity contribution < 1.29 is 39.8 Å². The normalized spacial score (nSPS) is 14.0. The van der Waals surface area contributed by atoms with Crippen molar-refractivity contribution in [1.82, 2.24) is 10.3 Å². The van der Waals surface area contributed by atoms with E-state index in [4.69, 9.17) is 9.47 Å². The fourth-order valence-electron chi connectivity index (χ4n) is 5.35. The molecular formula is C35H41N2O8-. The number of Topliss-reactive ketones (excluding diaryl/α,β-unsaturated/α-hetero) is 1. The van der Waals surface area contributed by atoms with Crippen molar-refractivity contribution in [1.29, 1.82) is 0 Å². The average molecular weight is 618 g/mol. The van der Waals surface area contributed by atoms with Gasteiger partial charge in [0.2, 0.25) is 0 Å². The lowest BCUT2D eigenvalue weighted by Gasteiger charge is -2.25. The Balaban J connectivity index is 1.55. The van der Waals surface area contributed by atoms with Crippen LogP contribution in [0.5, 0.6) is 28.7 Å². The molecule has 6 N–H and O–H groups in total. The number of benzene rings is 3. The van der Waals surface area contributed by atoms with Gasteiger partial charge in [-0.05, 0) is 85.2 Å². The fourth-order valence-corrected chi connectivity index (χ4v) is 5.35. The van der Waals surface area contributed by atoms with E-state index in [0.29, 0.717) is 36.3 Å². The number of aliphatic hydroxyl groups excluding tert-OH is 2. The summed E-state index contributed by atoms with van der Waals surface area (Å²) in [6.45, 7) is 2.03. The number of aromatic nitrogens is 1. The number of methoxy groups -OCH3 is 1. The van der Waals surface area contributed by atoms with E-state index in [1.165, 1.54) is 19.2 Å². The first kappa shape index (κ1) is 33.4. The zero-order valence-corrected chi connectivity index (χ0v) is 25.5.